The third kappa shape index (κ3) is 3.08. The number of nitrogens with zero attached hydrogens (tertiary/aromatic N) is 2. The van der Waals surface area contributed by atoms with Gasteiger partial charge in [-0.3, -0.25) is 14.3 Å². The monoisotopic (exact) mass is 225 g/mol. The van der Waals surface area contributed by atoms with Gasteiger partial charge in [0.1, 0.15) is 5.69 Å². The van der Waals surface area contributed by atoms with Crippen molar-refractivity contribution in [1.82, 2.24) is 15.1 Å². The van der Waals surface area contributed by atoms with Crippen LogP contribution in [0, 0.1) is 6.92 Å². The Balaban J connectivity index is 2.44. The van der Waals surface area contributed by atoms with Gasteiger partial charge in [-0.2, -0.15) is 5.10 Å². The van der Waals surface area contributed by atoms with Crippen LogP contribution in [-0.2, 0) is 16.6 Å². The van der Waals surface area contributed by atoms with Crippen LogP contribution in [0.3, 0.4) is 0 Å². The minimum absolute atomic E-state index is 0.161. The van der Waals surface area contributed by atoms with Gasteiger partial charge in [0, 0.05) is 19.3 Å². The molecule has 0 saturated heterocycles. The smallest absolute Gasteiger partial charge is 0.307 e. The van der Waals surface area contributed by atoms with Crippen LogP contribution in [0.5, 0.6) is 0 Å². The van der Waals surface area contributed by atoms with Gasteiger partial charge in [0.25, 0.3) is 5.91 Å². The van der Waals surface area contributed by atoms with Gasteiger partial charge in [0.05, 0.1) is 13.5 Å². The third-order valence-electron chi connectivity index (χ3n) is 2.19. The van der Waals surface area contributed by atoms with Crippen LogP contribution in [0.25, 0.3) is 0 Å². The summed E-state index contributed by atoms with van der Waals surface area (Å²) in [6.45, 7) is 2.11. The van der Waals surface area contributed by atoms with E-state index >= 15 is 0 Å². The van der Waals surface area contributed by atoms with Gasteiger partial charge in [-0.05, 0) is 13.0 Å². The molecule has 0 fully saturated rings. The molecule has 0 aliphatic heterocycles. The summed E-state index contributed by atoms with van der Waals surface area (Å²) in [5, 5.41) is 6.61. The van der Waals surface area contributed by atoms with E-state index in [9.17, 15) is 9.59 Å². The van der Waals surface area contributed by atoms with Crippen molar-refractivity contribution >= 4 is 11.9 Å². The summed E-state index contributed by atoms with van der Waals surface area (Å²) in [5.74, 6) is -0.634. The Morgan fingerprint density at radius 2 is 2.25 bits per heavy atom. The molecule has 0 radical (unpaired) electrons. The molecule has 0 atom stereocenters. The zero-order valence-corrected chi connectivity index (χ0v) is 9.61. The SMILES string of the molecule is COC(=O)CCNC(=O)c1cc(C)n(C)n1. The summed E-state index contributed by atoms with van der Waals surface area (Å²) in [4.78, 5) is 22.3. The average molecular weight is 225 g/mol. The first-order valence-corrected chi connectivity index (χ1v) is 4.90. The molecule has 1 aromatic rings. The van der Waals surface area contributed by atoms with Gasteiger partial charge in [-0.1, -0.05) is 0 Å². The average Bonchev–Trinajstić information content (AvgIpc) is 2.59. The minimum Gasteiger partial charge on any atom is -0.469 e. The van der Waals surface area contributed by atoms with E-state index in [1.807, 2.05) is 6.92 Å². The first kappa shape index (κ1) is 12.2. The number of esters is 1. The Morgan fingerprint density at radius 1 is 1.56 bits per heavy atom. The van der Waals surface area contributed by atoms with E-state index in [0.717, 1.165) is 5.69 Å². The molecule has 0 bridgehead atoms. The third-order valence-corrected chi connectivity index (χ3v) is 2.19. The molecule has 6 heteroatoms. The van der Waals surface area contributed by atoms with E-state index in [0.29, 0.717) is 5.69 Å². The number of amides is 1. The van der Waals surface area contributed by atoms with E-state index in [4.69, 9.17) is 0 Å². The van der Waals surface area contributed by atoms with Crippen molar-refractivity contribution in [3.8, 4) is 0 Å². The highest BCUT2D eigenvalue weighted by Gasteiger charge is 2.10. The topological polar surface area (TPSA) is 73.2 Å². The molecule has 1 N–H and O–H groups in total. The molecule has 0 aromatic carbocycles. The maximum atomic E-state index is 11.5. The van der Waals surface area contributed by atoms with Gasteiger partial charge in [0.2, 0.25) is 0 Å². The van der Waals surface area contributed by atoms with E-state index in [1.54, 1.807) is 17.8 Å². The Hall–Kier alpha value is -1.85. The first-order chi connectivity index (χ1) is 7.54. The fourth-order valence-corrected chi connectivity index (χ4v) is 1.14. The van der Waals surface area contributed by atoms with Crippen molar-refractivity contribution in [3.63, 3.8) is 0 Å². The van der Waals surface area contributed by atoms with Crippen LogP contribution in [0.4, 0.5) is 0 Å². The fourth-order valence-electron chi connectivity index (χ4n) is 1.14. The van der Waals surface area contributed by atoms with Gasteiger partial charge < -0.3 is 10.1 Å². The summed E-state index contributed by atoms with van der Waals surface area (Å²) in [6, 6.07) is 1.69. The second-order valence-electron chi connectivity index (χ2n) is 3.38. The second-order valence-corrected chi connectivity index (χ2v) is 3.38. The van der Waals surface area contributed by atoms with Crippen LogP contribution >= 0.6 is 0 Å². The summed E-state index contributed by atoms with van der Waals surface area (Å²) >= 11 is 0. The van der Waals surface area contributed by atoms with Crippen molar-refractivity contribution in [1.29, 1.82) is 0 Å². The molecule has 0 spiro atoms. The molecule has 1 amide bonds. The summed E-state index contributed by atoms with van der Waals surface area (Å²) in [5.41, 5.74) is 1.25. The number of ether oxygens (including phenoxy) is 1. The Labute approximate surface area is 93.6 Å². The lowest BCUT2D eigenvalue weighted by Gasteiger charge is -2.01. The van der Waals surface area contributed by atoms with Crippen LogP contribution in [0.2, 0.25) is 0 Å². The molecular formula is C10H15N3O3. The van der Waals surface area contributed by atoms with Gasteiger partial charge in [-0.15, -0.1) is 0 Å². The highest BCUT2D eigenvalue weighted by atomic mass is 16.5. The molecule has 0 aliphatic carbocycles. The molecule has 1 rings (SSSR count). The quantitative estimate of drug-likeness (QED) is 0.733. The predicted octanol–water partition coefficient (Wildman–Crippen LogP) is 0.0214. The number of rotatable bonds is 4. The van der Waals surface area contributed by atoms with Gasteiger partial charge in [0.15, 0.2) is 0 Å². The predicted molar refractivity (Wildman–Crippen MR) is 56.9 cm³/mol. The normalized spacial score (nSPS) is 9.94. The molecule has 0 aliphatic rings. The molecule has 0 unspecified atom stereocenters. The molecule has 88 valence electrons. The van der Waals surface area contributed by atoms with Crippen molar-refractivity contribution in [2.45, 2.75) is 13.3 Å². The zero-order chi connectivity index (χ0) is 12.1. The van der Waals surface area contributed by atoms with E-state index in [1.165, 1.54) is 7.11 Å². The number of hydrogen-bond donors (Lipinski definition) is 1. The maximum absolute atomic E-state index is 11.5. The van der Waals surface area contributed by atoms with Crippen LogP contribution < -0.4 is 5.32 Å². The first-order valence-electron chi connectivity index (χ1n) is 4.90. The van der Waals surface area contributed by atoms with E-state index in [-0.39, 0.29) is 24.8 Å². The highest BCUT2D eigenvalue weighted by Crippen LogP contribution is 2.00. The lowest BCUT2D eigenvalue weighted by Crippen LogP contribution is -2.26. The van der Waals surface area contributed by atoms with Crippen molar-refractivity contribution < 1.29 is 14.3 Å². The van der Waals surface area contributed by atoms with Crippen LogP contribution in [0.15, 0.2) is 6.07 Å². The van der Waals surface area contributed by atoms with Crippen molar-refractivity contribution in [2.75, 3.05) is 13.7 Å². The zero-order valence-electron chi connectivity index (χ0n) is 9.61. The molecule has 0 saturated carbocycles. The number of carbonyl (C=O) groups excluding carboxylic acids is 2. The van der Waals surface area contributed by atoms with Crippen molar-refractivity contribution in [2.24, 2.45) is 7.05 Å². The molecule has 6 nitrogen and oxygen atoms in total. The number of hydrogen-bond acceptors (Lipinski definition) is 4. The van der Waals surface area contributed by atoms with Gasteiger partial charge >= 0.3 is 5.97 Å². The van der Waals surface area contributed by atoms with Crippen LogP contribution in [0.1, 0.15) is 22.6 Å². The lowest BCUT2D eigenvalue weighted by atomic mass is 10.3. The number of aryl methyl sites for hydroxylation is 2. The van der Waals surface area contributed by atoms with Crippen molar-refractivity contribution in [3.05, 3.63) is 17.5 Å². The molecule has 1 heterocycles. The van der Waals surface area contributed by atoms with E-state index < -0.39 is 0 Å². The summed E-state index contributed by atoms with van der Waals surface area (Å²) in [6.07, 6.45) is 0.161. The summed E-state index contributed by atoms with van der Waals surface area (Å²) in [7, 11) is 3.08. The number of methoxy groups -OCH3 is 1. The van der Waals surface area contributed by atoms with Crippen LogP contribution in [-0.4, -0.2) is 35.3 Å². The van der Waals surface area contributed by atoms with E-state index in [2.05, 4.69) is 15.2 Å². The number of carbonyl (C=O) groups is 2. The molecule has 1 aromatic heterocycles. The second kappa shape index (κ2) is 5.29. The minimum atomic E-state index is -0.350. The Morgan fingerprint density at radius 3 is 2.75 bits per heavy atom. The Kier molecular flexibility index (Phi) is 4.04. The lowest BCUT2D eigenvalue weighted by molar-refractivity contribution is -0.140. The summed E-state index contributed by atoms with van der Waals surface area (Å²) < 4.78 is 6.07. The molecule has 16 heavy (non-hydrogen) atoms. The maximum Gasteiger partial charge on any atom is 0.307 e. The fraction of sp³-hybridized carbons (Fsp3) is 0.500. The largest absolute Gasteiger partial charge is 0.469 e. The van der Waals surface area contributed by atoms with Gasteiger partial charge in [-0.25, -0.2) is 0 Å². The number of nitrogens with one attached hydrogen (secondary N) is 1. The standard InChI is InChI=1S/C10H15N3O3/c1-7-6-8(12-13(7)2)10(15)11-5-4-9(14)16-3/h6H,4-5H2,1-3H3,(H,11,15). The number of aromatic nitrogens is 2. The Bertz CT molecular complexity index is 379. The molecular weight excluding hydrogens is 210 g/mol. The highest BCUT2D eigenvalue weighted by molar-refractivity contribution is 5.92.